The van der Waals surface area contributed by atoms with Crippen LogP contribution in [0.4, 0.5) is 11.4 Å². The minimum Gasteiger partial charge on any atom is -0.497 e. The van der Waals surface area contributed by atoms with Crippen LogP contribution in [0.1, 0.15) is 5.56 Å². The van der Waals surface area contributed by atoms with Crippen molar-refractivity contribution in [2.24, 2.45) is 0 Å². The van der Waals surface area contributed by atoms with Crippen molar-refractivity contribution in [3.05, 3.63) is 52.5 Å². The van der Waals surface area contributed by atoms with Gasteiger partial charge in [-0.05, 0) is 24.3 Å². The summed E-state index contributed by atoms with van der Waals surface area (Å²) in [7, 11) is 3.71. The van der Waals surface area contributed by atoms with Crippen molar-refractivity contribution < 1.29 is 4.74 Å². The summed E-state index contributed by atoms with van der Waals surface area (Å²) in [6.45, 7) is 0.737. The lowest BCUT2D eigenvalue weighted by atomic mass is 10.1. The summed E-state index contributed by atoms with van der Waals surface area (Å²) in [5.74, 6) is 0.851. The van der Waals surface area contributed by atoms with Crippen molar-refractivity contribution >= 4 is 27.3 Å². The van der Waals surface area contributed by atoms with Crippen molar-refractivity contribution in [1.82, 2.24) is 0 Å². The quantitative estimate of drug-likeness (QED) is 0.873. The van der Waals surface area contributed by atoms with E-state index in [-0.39, 0.29) is 0 Å². The van der Waals surface area contributed by atoms with E-state index in [1.165, 1.54) is 0 Å². The molecule has 0 aliphatic carbocycles. The van der Waals surface area contributed by atoms with Crippen LogP contribution in [0.25, 0.3) is 0 Å². The maximum atomic E-state index is 6.02. The molecular formula is C15H17BrN2O. The molecule has 0 saturated heterocycles. The molecule has 0 saturated carbocycles. The average Bonchev–Trinajstić information content (AvgIpc) is 2.43. The smallest absolute Gasteiger partial charge is 0.120 e. The molecule has 0 fully saturated rings. The van der Waals surface area contributed by atoms with Crippen molar-refractivity contribution in [3.63, 3.8) is 0 Å². The molecule has 2 aromatic rings. The van der Waals surface area contributed by atoms with Crippen molar-refractivity contribution in [1.29, 1.82) is 0 Å². The van der Waals surface area contributed by atoms with E-state index in [9.17, 15) is 0 Å². The lowest BCUT2D eigenvalue weighted by molar-refractivity contribution is 0.415. The van der Waals surface area contributed by atoms with Crippen LogP contribution in [-0.2, 0) is 6.54 Å². The Morgan fingerprint density at radius 3 is 2.63 bits per heavy atom. The Morgan fingerprint density at radius 2 is 1.95 bits per heavy atom. The van der Waals surface area contributed by atoms with Gasteiger partial charge in [0.2, 0.25) is 0 Å². The number of nitrogen functional groups attached to an aromatic ring is 1. The third-order valence-electron chi connectivity index (χ3n) is 3.04. The number of nitrogens with two attached hydrogens (primary N) is 1. The highest BCUT2D eigenvalue weighted by Crippen LogP contribution is 2.27. The average molecular weight is 321 g/mol. The van der Waals surface area contributed by atoms with Gasteiger partial charge in [-0.3, -0.25) is 0 Å². The Hall–Kier alpha value is -1.68. The molecule has 2 rings (SSSR count). The minimum atomic E-state index is 0.737. The highest BCUT2D eigenvalue weighted by molar-refractivity contribution is 9.10. The van der Waals surface area contributed by atoms with E-state index in [1.807, 2.05) is 43.4 Å². The Bertz CT molecular complexity index is 552. The van der Waals surface area contributed by atoms with Crippen LogP contribution < -0.4 is 15.4 Å². The summed E-state index contributed by atoms with van der Waals surface area (Å²) in [5, 5.41) is 0. The van der Waals surface area contributed by atoms with Gasteiger partial charge in [0.05, 0.1) is 7.11 Å². The number of ether oxygens (including phenoxy) is 1. The molecule has 0 bridgehead atoms. The molecule has 100 valence electrons. The van der Waals surface area contributed by atoms with Crippen molar-refractivity contribution in [2.75, 3.05) is 24.8 Å². The topological polar surface area (TPSA) is 38.5 Å². The number of methoxy groups -OCH3 is 1. The third kappa shape index (κ3) is 3.20. The first kappa shape index (κ1) is 13.7. The summed E-state index contributed by atoms with van der Waals surface area (Å²) in [4.78, 5) is 2.14. The Morgan fingerprint density at radius 1 is 1.21 bits per heavy atom. The fourth-order valence-corrected chi connectivity index (χ4v) is 2.43. The monoisotopic (exact) mass is 320 g/mol. The number of nitrogens with zero attached hydrogens (tertiary/aromatic N) is 1. The van der Waals surface area contributed by atoms with Crippen LogP contribution in [0, 0.1) is 0 Å². The zero-order chi connectivity index (χ0) is 13.8. The van der Waals surface area contributed by atoms with Crippen LogP contribution >= 0.6 is 15.9 Å². The first-order chi connectivity index (χ1) is 9.11. The van der Waals surface area contributed by atoms with Gasteiger partial charge in [0, 0.05) is 41.1 Å². The third-order valence-corrected chi connectivity index (χ3v) is 3.79. The van der Waals surface area contributed by atoms with E-state index in [0.717, 1.165) is 33.7 Å². The van der Waals surface area contributed by atoms with E-state index >= 15 is 0 Å². The van der Waals surface area contributed by atoms with Gasteiger partial charge in [-0.2, -0.15) is 0 Å². The van der Waals surface area contributed by atoms with Gasteiger partial charge in [0.25, 0.3) is 0 Å². The molecule has 0 spiro atoms. The minimum absolute atomic E-state index is 0.737. The second-order valence-electron chi connectivity index (χ2n) is 4.37. The van der Waals surface area contributed by atoms with E-state index in [4.69, 9.17) is 10.5 Å². The van der Waals surface area contributed by atoms with Crippen LogP contribution in [0.3, 0.4) is 0 Å². The molecule has 3 nitrogen and oxygen atoms in total. The molecule has 0 atom stereocenters. The number of hydrogen-bond acceptors (Lipinski definition) is 3. The predicted molar refractivity (Wildman–Crippen MR) is 83.7 cm³/mol. The Kier molecular flexibility index (Phi) is 4.32. The lowest BCUT2D eigenvalue weighted by Gasteiger charge is -2.21. The zero-order valence-electron chi connectivity index (χ0n) is 11.1. The number of anilines is 2. The summed E-state index contributed by atoms with van der Waals surface area (Å²) >= 11 is 3.54. The maximum Gasteiger partial charge on any atom is 0.120 e. The van der Waals surface area contributed by atoms with E-state index in [2.05, 4.69) is 26.9 Å². The molecule has 0 unspecified atom stereocenters. The number of halogens is 1. The number of benzene rings is 2. The standard InChI is InChI=1S/C15H17BrN2O/c1-18(11-5-3-6-12(9-11)19-2)10-13-14(16)7-4-8-15(13)17/h3-9H,10,17H2,1-2H3. The zero-order valence-corrected chi connectivity index (χ0v) is 12.6. The highest BCUT2D eigenvalue weighted by Gasteiger charge is 2.08. The van der Waals surface area contributed by atoms with Crippen LogP contribution in [0.5, 0.6) is 5.75 Å². The highest BCUT2D eigenvalue weighted by atomic mass is 79.9. The second kappa shape index (κ2) is 5.97. The van der Waals surface area contributed by atoms with Crippen molar-refractivity contribution in [2.45, 2.75) is 6.54 Å². The van der Waals surface area contributed by atoms with Gasteiger partial charge >= 0.3 is 0 Å². The molecule has 0 aliphatic rings. The molecular weight excluding hydrogens is 304 g/mol. The van der Waals surface area contributed by atoms with Gasteiger partial charge in [0.15, 0.2) is 0 Å². The lowest BCUT2D eigenvalue weighted by Crippen LogP contribution is -2.17. The summed E-state index contributed by atoms with van der Waals surface area (Å²) in [5.41, 5.74) is 9.00. The molecule has 19 heavy (non-hydrogen) atoms. The van der Waals surface area contributed by atoms with Gasteiger partial charge in [-0.1, -0.05) is 28.1 Å². The first-order valence-electron chi connectivity index (χ1n) is 6.00. The van der Waals surface area contributed by atoms with E-state index < -0.39 is 0 Å². The fourth-order valence-electron chi connectivity index (χ4n) is 1.92. The molecule has 0 heterocycles. The maximum absolute atomic E-state index is 6.02. The molecule has 2 N–H and O–H groups in total. The molecule has 0 amide bonds. The summed E-state index contributed by atoms with van der Waals surface area (Å²) in [6.07, 6.45) is 0. The molecule has 0 radical (unpaired) electrons. The molecule has 0 aliphatic heterocycles. The molecule has 2 aromatic carbocycles. The Labute approximate surface area is 122 Å². The predicted octanol–water partition coefficient (Wildman–Crippen LogP) is 3.68. The second-order valence-corrected chi connectivity index (χ2v) is 5.22. The van der Waals surface area contributed by atoms with Crippen LogP contribution in [0.15, 0.2) is 46.9 Å². The summed E-state index contributed by atoms with van der Waals surface area (Å²) in [6, 6.07) is 13.8. The van der Waals surface area contributed by atoms with E-state index in [0.29, 0.717) is 0 Å². The van der Waals surface area contributed by atoms with Crippen LogP contribution in [-0.4, -0.2) is 14.2 Å². The van der Waals surface area contributed by atoms with E-state index in [1.54, 1.807) is 7.11 Å². The van der Waals surface area contributed by atoms with Gasteiger partial charge < -0.3 is 15.4 Å². The first-order valence-corrected chi connectivity index (χ1v) is 6.79. The van der Waals surface area contributed by atoms with Gasteiger partial charge in [0.1, 0.15) is 5.75 Å². The summed E-state index contributed by atoms with van der Waals surface area (Å²) < 4.78 is 6.27. The number of rotatable bonds is 4. The Balaban J connectivity index is 2.23. The number of hydrogen-bond donors (Lipinski definition) is 1. The molecule has 0 aromatic heterocycles. The van der Waals surface area contributed by atoms with Crippen LogP contribution in [0.2, 0.25) is 0 Å². The normalized spacial score (nSPS) is 10.3. The van der Waals surface area contributed by atoms with Gasteiger partial charge in [-0.15, -0.1) is 0 Å². The fraction of sp³-hybridized carbons (Fsp3) is 0.200. The largest absolute Gasteiger partial charge is 0.497 e. The molecule has 4 heteroatoms. The SMILES string of the molecule is COc1cccc(N(C)Cc2c(N)cccc2Br)c1. The van der Waals surface area contributed by atoms with Gasteiger partial charge in [-0.25, -0.2) is 0 Å². The van der Waals surface area contributed by atoms with Crippen molar-refractivity contribution in [3.8, 4) is 5.75 Å².